The van der Waals surface area contributed by atoms with Crippen molar-refractivity contribution in [2.45, 2.75) is 27.3 Å². The third kappa shape index (κ3) is 5.52. The molecule has 0 aliphatic heterocycles. The molecular weight excluding hydrogens is 282 g/mol. The number of benzene rings is 1. The largest absolute Gasteiger partial charge is 0.463 e. The highest BCUT2D eigenvalue weighted by Gasteiger charge is 2.22. The Balaban J connectivity index is 2.88. The molecule has 0 bridgehead atoms. The van der Waals surface area contributed by atoms with Gasteiger partial charge in [-0.1, -0.05) is 44.2 Å². The fraction of sp³-hybridized carbons (Fsp3) is 0.353. The molecule has 0 heterocycles. The maximum absolute atomic E-state index is 12.2. The zero-order valence-electron chi connectivity index (χ0n) is 13.1. The van der Waals surface area contributed by atoms with Gasteiger partial charge < -0.3 is 4.74 Å². The number of hydrogen-bond donors (Lipinski definition) is 0. The predicted octanol–water partition coefficient (Wildman–Crippen LogP) is 2.32. The second kappa shape index (κ2) is 8.77. The monoisotopic (exact) mass is 303 g/mol. The van der Waals surface area contributed by atoms with E-state index in [-0.39, 0.29) is 25.0 Å². The van der Waals surface area contributed by atoms with E-state index in [2.05, 4.69) is 0 Å². The molecule has 1 aromatic carbocycles. The van der Waals surface area contributed by atoms with Gasteiger partial charge in [0.05, 0.1) is 13.2 Å². The summed E-state index contributed by atoms with van der Waals surface area (Å²) in [5, 5.41) is 0. The van der Waals surface area contributed by atoms with E-state index in [0.29, 0.717) is 0 Å². The number of esters is 1. The summed E-state index contributed by atoms with van der Waals surface area (Å²) in [5.74, 6) is -1.74. The average Bonchev–Trinajstić information content (AvgIpc) is 2.51. The van der Waals surface area contributed by atoms with Crippen molar-refractivity contribution >= 4 is 17.8 Å². The molecule has 0 saturated carbocycles. The minimum absolute atomic E-state index is 0.170. The van der Waals surface area contributed by atoms with Gasteiger partial charge in [0.25, 0.3) is 5.91 Å². The molecule has 0 N–H and O–H groups in total. The summed E-state index contributed by atoms with van der Waals surface area (Å²) in [6.07, 6.45) is 2.11. The van der Waals surface area contributed by atoms with Crippen LogP contribution in [0.1, 0.15) is 26.3 Å². The van der Waals surface area contributed by atoms with Crippen LogP contribution < -0.4 is 0 Å². The van der Waals surface area contributed by atoms with Crippen LogP contribution in [0.15, 0.2) is 42.5 Å². The number of nitrogens with zero attached hydrogens (tertiary/aromatic N) is 1. The van der Waals surface area contributed by atoms with Gasteiger partial charge in [-0.05, 0) is 12.5 Å². The Morgan fingerprint density at radius 3 is 2.32 bits per heavy atom. The molecule has 5 heteroatoms. The topological polar surface area (TPSA) is 63.7 Å². The third-order valence-electron chi connectivity index (χ3n) is 2.86. The Hall–Kier alpha value is -2.43. The lowest BCUT2D eigenvalue weighted by atomic mass is 10.1. The van der Waals surface area contributed by atoms with Crippen LogP contribution in [0.25, 0.3) is 0 Å². The molecule has 118 valence electrons. The van der Waals surface area contributed by atoms with Crippen LogP contribution in [-0.2, 0) is 25.7 Å². The Bertz CT molecular complexity index is 549. The molecule has 0 aliphatic rings. The maximum atomic E-state index is 12.2. The lowest BCUT2D eigenvalue weighted by Crippen LogP contribution is -2.38. The SMILES string of the molecule is CCOC(=O)/C=C\C(=O)N(Cc1ccccc1)C(=O)C(C)C. The number of ether oxygens (including phenoxy) is 1. The fourth-order valence-corrected chi connectivity index (χ4v) is 1.76. The van der Waals surface area contributed by atoms with Crippen molar-refractivity contribution < 1.29 is 19.1 Å². The molecular formula is C17H21NO4. The summed E-state index contributed by atoms with van der Waals surface area (Å²) in [6.45, 7) is 5.53. The molecule has 0 unspecified atom stereocenters. The lowest BCUT2D eigenvalue weighted by Gasteiger charge is -2.21. The fourth-order valence-electron chi connectivity index (χ4n) is 1.76. The van der Waals surface area contributed by atoms with Crippen LogP contribution in [0.4, 0.5) is 0 Å². The molecule has 0 radical (unpaired) electrons. The normalized spacial score (nSPS) is 10.7. The van der Waals surface area contributed by atoms with Gasteiger partial charge in [-0.15, -0.1) is 0 Å². The van der Waals surface area contributed by atoms with Crippen LogP contribution in [0.3, 0.4) is 0 Å². The van der Waals surface area contributed by atoms with Gasteiger partial charge in [0, 0.05) is 18.1 Å². The van der Waals surface area contributed by atoms with Gasteiger partial charge in [0.15, 0.2) is 0 Å². The van der Waals surface area contributed by atoms with E-state index in [1.54, 1.807) is 20.8 Å². The first-order valence-electron chi connectivity index (χ1n) is 7.19. The van der Waals surface area contributed by atoms with Gasteiger partial charge >= 0.3 is 5.97 Å². The highest BCUT2D eigenvalue weighted by atomic mass is 16.5. The van der Waals surface area contributed by atoms with Crippen LogP contribution in [0, 0.1) is 5.92 Å². The molecule has 1 rings (SSSR count). The highest BCUT2D eigenvalue weighted by molar-refractivity contribution is 6.03. The number of carbonyl (C=O) groups excluding carboxylic acids is 3. The molecule has 0 aromatic heterocycles. The van der Waals surface area contributed by atoms with E-state index in [1.807, 2.05) is 30.3 Å². The Labute approximate surface area is 130 Å². The number of imide groups is 1. The predicted molar refractivity (Wildman–Crippen MR) is 82.6 cm³/mol. The molecule has 0 fully saturated rings. The maximum Gasteiger partial charge on any atom is 0.330 e. The van der Waals surface area contributed by atoms with E-state index in [1.165, 1.54) is 0 Å². The van der Waals surface area contributed by atoms with Crippen molar-refractivity contribution in [2.75, 3.05) is 6.61 Å². The van der Waals surface area contributed by atoms with Crippen molar-refractivity contribution in [3.05, 3.63) is 48.0 Å². The number of amides is 2. The van der Waals surface area contributed by atoms with Crippen molar-refractivity contribution in [3.63, 3.8) is 0 Å². The van der Waals surface area contributed by atoms with Crippen LogP contribution in [0.5, 0.6) is 0 Å². The third-order valence-corrected chi connectivity index (χ3v) is 2.86. The van der Waals surface area contributed by atoms with Gasteiger partial charge in [-0.3, -0.25) is 14.5 Å². The minimum Gasteiger partial charge on any atom is -0.463 e. The van der Waals surface area contributed by atoms with Crippen molar-refractivity contribution in [1.29, 1.82) is 0 Å². The molecule has 0 saturated heterocycles. The summed E-state index contributed by atoms with van der Waals surface area (Å²) < 4.78 is 4.72. The average molecular weight is 303 g/mol. The van der Waals surface area contributed by atoms with Crippen molar-refractivity contribution in [1.82, 2.24) is 4.90 Å². The van der Waals surface area contributed by atoms with E-state index >= 15 is 0 Å². The smallest absolute Gasteiger partial charge is 0.330 e. The second-order valence-corrected chi connectivity index (χ2v) is 4.99. The summed E-state index contributed by atoms with van der Waals surface area (Å²) >= 11 is 0. The second-order valence-electron chi connectivity index (χ2n) is 4.99. The first kappa shape index (κ1) is 17.6. The van der Waals surface area contributed by atoms with Crippen molar-refractivity contribution in [2.24, 2.45) is 5.92 Å². The molecule has 5 nitrogen and oxygen atoms in total. The number of rotatable bonds is 6. The van der Waals surface area contributed by atoms with Gasteiger partial charge in [0.2, 0.25) is 5.91 Å². The summed E-state index contributed by atoms with van der Waals surface area (Å²) in [7, 11) is 0. The summed E-state index contributed by atoms with van der Waals surface area (Å²) in [5.41, 5.74) is 0.842. The number of hydrogen-bond acceptors (Lipinski definition) is 4. The lowest BCUT2D eigenvalue weighted by molar-refractivity contribution is -0.145. The quantitative estimate of drug-likeness (QED) is 0.597. The molecule has 1 aromatic rings. The molecule has 0 spiro atoms. The highest BCUT2D eigenvalue weighted by Crippen LogP contribution is 2.10. The van der Waals surface area contributed by atoms with Gasteiger partial charge in [-0.2, -0.15) is 0 Å². The zero-order chi connectivity index (χ0) is 16.5. The Morgan fingerprint density at radius 2 is 1.77 bits per heavy atom. The van der Waals surface area contributed by atoms with Crippen molar-refractivity contribution in [3.8, 4) is 0 Å². The van der Waals surface area contributed by atoms with Gasteiger partial charge in [0.1, 0.15) is 0 Å². The van der Waals surface area contributed by atoms with E-state index < -0.39 is 11.9 Å². The van der Waals surface area contributed by atoms with E-state index in [4.69, 9.17) is 4.74 Å². The summed E-state index contributed by atoms with van der Waals surface area (Å²) in [6, 6.07) is 9.21. The standard InChI is InChI=1S/C17H21NO4/c1-4-22-16(20)11-10-15(19)18(17(21)13(2)3)12-14-8-6-5-7-9-14/h5-11,13H,4,12H2,1-3H3/b11-10-. The van der Waals surface area contributed by atoms with Crippen LogP contribution >= 0.6 is 0 Å². The Kier molecular flexibility index (Phi) is 7.02. The van der Waals surface area contributed by atoms with Crippen LogP contribution in [0.2, 0.25) is 0 Å². The first-order chi connectivity index (χ1) is 10.5. The minimum atomic E-state index is -0.604. The van der Waals surface area contributed by atoms with E-state index in [0.717, 1.165) is 22.6 Å². The first-order valence-corrected chi connectivity index (χ1v) is 7.19. The zero-order valence-corrected chi connectivity index (χ0v) is 13.1. The molecule has 22 heavy (non-hydrogen) atoms. The molecule has 0 atom stereocenters. The summed E-state index contributed by atoms with van der Waals surface area (Å²) in [4.78, 5) is 36.8. The van der Waals surface area contributed by atoms with Crippen LogP contribution in [-0.4, -0.2) is 29.3 Å². The van der Waals surface area contributed by atoms with Gasteiger partial charge in [-0.25, -0.2) is 4.79 Å². The Morgan fingerprint density at radius 1 is 1.14 bits per heavy atom. The number of carbonyl (C=O) groups is 3. The molecule has 2 amide bonds. The van der Waals surface area contributed by atoms with E-state index in [9.17, 15) is 14.4 Å². The molecule has 0 aliphatic carbocycles.